The van der Waals surface area contributed by atoms with Gasteiger partial charge < -0.3 is 16.0 Å². The van der Waals surface area contributed by atoms with Crippen LogP contribution in [0.4, 0.5) is 5.69 Å². The summed E-state index contributed by atoms with van der Waals surface area (Å²) in [6.07, 6.45) is 7.73. The monoisotopic (exact) mass is 341 g/mol. The molecule has 0 aromatic heterocycles. The third kappa shape index (κ3) is 4.47. The van der Waals surface area contributed by atoms with Gasteiger partial charge in [-0.15, -0.1) is 0 Å². The van der Waals surface area contributed by atoms with Gasteiger partial charge in [0.15, 0.2) is 0 Å². The smallest absolute Gasteiger partial charge is 0.254 e. The lowest BCUT2D eigenvalue weighted by Crippen LogP contribution is -2.44. The number of hydrogen-bond donors (Lipinski definition) is 3. The molecule has 6 nitrogen and oxygen atoms in total. The van der Waals surface area contributed by atoms with Gasteiger partial charge in [0.25, 0.3) is 5.91 Å². The Hall–Kier alpha value is -2.63. The van der Waals surface area contributed by atoms with E-state index in [2.05, 4.69) is 22.0 Å². The molecule has 0 saturated carbocycles. The van der Waals surface area contributed by atoms with Crippen molar-refractivity contribution in [3.63, 3.8) is 0 Å². The van der Waals surface area contributed by atoms with Crippen molar-refractivity contribution in [2.75, 3.05) is 11.9 Å². The summed E-state index contributed by atoms with van der Waals surface area (Å²) in [5, 5.41) is 8.18. The summed E-state index contributed by atoms with van der Waals surface area (Å²) in [6.45, 7) is 0.563. The highest BCUT2D eigenvalue weighted by molar-refractivity contribution is 6.10. The average Bonchev–Trinajstić information content (AvgIpc) is 2.73. The minimum atomic E-state index is -0.867. The molecule has 132 valence electrons. The Bertz CT molecular complexity index is 712. The molecule has 0 bridgehead atoms. The zero-order chi connectivity index (χ0) is 17.6. The molecular weight excluding hydrogens is 318 g/mol. The van der Waals surface area contributed by atoms with Crippen molar-refractivity contribution in [1.29, 1.82) is 0 Å². The number of para-hydroxylation sites is 1. The van der Waals surface area contributed by atoms with E-state index in [0.717, 1.165) is 19.3 Å². The molecule has 1 aliphatic carbocycles. The predicted molar refractivity (Wildman–Crippen MR) is 95.1 cm³/mol. The first-order valence-electron chi connectivity index (χ1n) is 8.79. The number of hydrogen-bond acceptors (Lipinski definition) is 3. The van der Waals surface area contributed by atoms with Crippen LogP contribution in [0.2, 0.25) is 0 Å². The van der Waals surface area contributed by atoms with Gasteiger partial charge in [0, 0.05) is 6.54 Å². The van der Waals surface area contributed by atoms with Gasteiger partial charge in [-0.1, -0.05) is 23.8 Å². The minimum absolute atomic E-state index is 0.0649. The summed E-state index contributed by atoms with van der Waals surface area (Å²) >= 11 is 0. The lowest BCUT2D eigenvalue weighted by atomic mass is 9.97. The van der Waals surface area contributed by atoms with Crippen molar-refractivity contribution in [2.45, 2.75) is 44.6 Å². The molecule has 1 atom stereocenters. The molecule has 0 saturated heterocycles. The Balaban J connectivity index is 1.52. The highest BCUT2D eigenvalue weighted by atomic mass is 16.2. The van der Waals surface area contributed by atoms with Crippen molar-refractivity contribution >= 4 is 23.4 Å². The summed E-state index contributed by atoms with van der Waals surface area (Å²) < 4.78 is 0. The van der Waals surface area contributed by atoms with Gasteiger partial charge in [-0.2, -0.15) is 0 Å². The highest BCUT2D eigenvalue weighted by Crippen LogP contribution is 2.20. The second-order valence-electron chi connectivity index (χ2n) is 6.47. The fourth-order valence-corrected chi connectivity index (χ4v) is 3.21. The quantitative estimate of drug-likeness (QED) is 0.717. The van der Waals surface area contributed by atoms with E-state index in [9.17, 15) is 14.4 Å². The molecule has 6 heteroatoms. The SMILES string of the molecule is O=C(C[C@@H]1NC(=O)c2ccccc2NC1=O)NCCC1=CCCCC1. The van der Waals surface area contributed by atoms with Gasteiger partial charge in [0.05, 0.1) is 17.7 Å². The van der Waals surface area contributed by atoms with E-state index in [1.165, 1.54) is 18.4 Å². The second-order valence-corrected chi connectivity index (χ2v) is 6.47. The molecular formula is C19H23N3O3. The maximum atomic E-state index is 12.3. The fourth-order valence-electron chi connectivity index (χ4n) is 3.21. The Labute approximate surface area is 147 Å². The number of rotatable bonds is 5. The standard InChI is InChI=1S/C19H23N3O3/c23-17(20-11-10-13-6-2-1-3-7-13)12-16-19(25)21-15-9-5-4-8-14(15)18(24)22-16/h4-6,8-9,16H,1-3,7,10-12H2,(H,20,23)(H,21,25)(H,22,24)/t16-/m0/s1. The van der Waals surface area contributed by atoms with Crippen LogP contribution in [0.5, 0.6) is 0 Å². The van der Waals surface area contributed by atoms with E-state index in [4.69, 9.17) is 0 Å². The van der Waals surface area contributed by atoms with E-state index in [1.54, 1.807) is 24.3 Å². The van der Waals surface area contributed by atoms with E-state index < -0.39 is 6.04 Å². The lowest BCUT2D eigenvalue weighted by Gasteiger charge is -2.15. The average molecular weight is 341 g/mol. The maximum Gasteiger partial charge on any atom is 0.254 e. The van der Waals surface area contributed by atoms with Crippen molar-refractivity contribution in [3.8, 4) is 0 Å². The molecule has 0 radical (unpaired) electrons. The summed E-state index contributed by atoms with van der Waals surface area (Å²) in [7, 11) is 0. The van der Waals surface area contributed by atoms with Crippen molar-refractivity contribution in [1.82, 2.24) is 10.6 Å². The number of nitrogens with one attached hydrogen (secondary N) is 3. The molecule has 1 aliphatic heterocycles. The molecule has 3 rings (SSSR count). The van der Waals surface area contributed by atoms with Crippen LogP contribution >= 0.6 is 0 Å². The fraction of sp³-hybridized carbons (Fsp3) is 0.421. The van der Waals surface area contributed by atoms with Crippen LogP contribution in [0, 0.1) is 0 Å². The lowest BCUT2D eigenvalue weighted by molar-refractivity contribution is -0.125. The Morgan fingerprint density at radius 2 is 2.04 bits per heavy atom. The van der Waals surface area contributed by atoms with Crippen LogP contribution in [0.15, 0.2) is 35.9 Å². The molecule has 0 spiro atoms. The van der Waals surface area contributed by atoms with Crippen LogP contribution in [-0.4, -0.2) is 30.3 Å². The summed E-state index contributed by atoms with van der Waals surface area (Å²) in [6, 6.07) is 5.93. The van der Waals surface area contributed by atoms with Crippen molar-refractivity contribution in [2.24, 2.45) is 0 Å². The van der Waals surface area contributed by atoms with Gasteiger partial charge >= 0.3 is 0 Å². The minimum Gasteiger partial charge on any atom is -0.356 e. The van der Waals surface area contributed by atoms with Crippen LogP contribution in [0.1, 0.15) is 48.9 Å². The van der Waals surface area contributed by atoms with Crippen molar-refractivity contribution in [3.05, 3.63) is 41.5 Å². The zero-order valence-corrected chi connectivity index (χ0v) is 14.1. The number of carbonyl (C=O) groups is 3. The molecule has 2 aliphatic rings. The molecule has 1 aromatic rings. The summed E-state index contributed by atoms with van der Waals surface area (Å²) in [5.74, 6) is -0.953. The van der Waals surface area contributed by atoms with Crippen molar-refractivity contribution < 1.29 is 14.4 Å². The second kappa shape index (κ2) is 7.96. The first kappa shape index (κ1) is 17.2. The largest absolute Gasteiger partial charge is 0.356 e. The number of fused-ring (bicyclic) bond motifs is 1. The number of benzene rings is 1. The molecule has 3 amide bonds. The molecule has 1 heterocycles. The Morgan fingerprint density at radius 1 is 1.20 bits per heavy atom. The van der Waals surface area contributed by atoms with Gasteiger partial charge in [0.1, 0.15) is 6.04 Å². The third-order valence-corrected chi connectivity index (χ3v) is 4.59. The van der Waals surface area contributed by atoms with Gasteiger partial charge in [-0.05, 0) is 44.2 Å². The van der Waals surface area contributed by atoms with E-state index in [-0.39, 0.29) is 24.1 Å². The zero-order valence-electron chi connectivity index (χ0n) is 14.1. The normalized spacial score (nSPS) is 19.8. The maximum absolute atomic E-state index is 12.3. The van der Waals surface area contributed by atoms with E-state index in [1.807, 2.05) is 0 Å². The predicted octanol–water partition coefficient (Wildman–Crippen LogP) is 2.13. The van der Waals surface area contributed by atoms with Crippen LogP contribution in [0.25, 0.3) is 0 Å². The molecule has 3 N–H and O–H groups in total. The van der Waals surface area contributed by atoms with Gasteiger partial charge in [-0.3, -0.25) is 14.4 Å². The molecule has 25 heavy (non-hydrogen) atoms. The summed E-state index contributed by atoms with van der Waals surface area (Å²) in [4.78, 5) is 36.6. The number of carbonyl (C=O) groups excluding carboxylic acids is 3. The topological polar surface area (TPSA) is 87.3 Å². The molecule has 1 aromatic carbocycles. The number of allylic oxidation sites excluding steroid dienone is 1. The van der Waals surface area contributed by atoms with Gasteiger partial charge in [0.2, 0.25) is 11.8 Å². The van der Waals surface area contributed by atoms with Crippen LogP contribution in [-0.2, 0) is 9.59 Å². The summed E-state index contributed by atoms with van der Waals surface area (Å²) in [5.41, 5.74) is 2.27. The Morgan fingerprint density at radius 3 is 2.84 bits per heavy atom. The highest BCUT2D eigenvalue weighted by Gasteiger charge is 2.29. The first-order chi connectivity index (χ1) is 12.1. The van der Waals surface area contributed by atoms with Crippen LogP contribution < -0.4 is 16.0 Å². The molecule has 0 fully saturated rings. The van der Waals surface area contributed by atoms with E-state index >= 15 is 0 Å². The van der Waals surface area contributed by atoms with E-state index in [0.29, 0.717) is 17.8 Å². The molecule has 0 unspecified atom stereocenters. The Kier molecular flexibility index (Phi) is 5.48. The third-order valence-electron chi connectivity index (χ3n) is 4.59. The number of amides is 3. The van der Waals surface area contributed by atoms with Gasteiger partial charge in [-0.25, -0.2) is 0 Å². The first-order valence-corrected chi connectivity index (χ1v) is 8.79. The van der Waals surface area contributed by atoms with Crippen LogP contribution in [0.3, 0.4) is 0 Å². The number of anilines is 1.